The number of aromatic hydroxyl groups is 1. The van der Waals surface area contributed by atoms with Gasteiger partial charge in [0.1, 0.15) is 5.75 Å². The Balaban J connectivity index is 2.26. The molecule has 2 aromatic heterocycles. The minimum atomic E-state index is -0.194. The maximum atomic E-state index is 13.2. The average molecular weight is 330 g/mol. The van der Waals surface area contributed by atoms with Crippen molar-refractivity contribution in [3.8, 4) is 17.0 Å². The molecule has 0 fully saturated rings. The summed E-state index contributed by atoms with van der Waals surface area (Å²) in [6.45, 7) is 3.81. The Labute approximate surface area is 145 Å². The normalized spacial score (nSPS) is 11.5. The minimum absolute atomic E-state index is 0.0225. The van der Waals surface area contributed by atoms with Crippen molar-refractivity contribution in [1.29, 1.82) is 0 Å². The predicted octanol–water partition coefficient (Wildman–Crippen LogP) is 4.34. The Morgan fingerprint density at radius 3 is 2.36 bits per heavy atom. The van der Waals surface area contributed by atoms with Crippen LogP contribution in [0.3, 0.4) is 0 Å². The number of pyridine rings is 1. The van der Waals surface area contributed by atoms with Crippen molar-refractivity contribution in [3.05, 3.63) is 76.6 Å². The molecule has 2 heterocycles. The number of fused-ring (bicyclic) bond motifs is 3. The molecule has 124 valence electrons. The Morgan fingerprint density at radius 1 is 0.960 bits per heavy atom. The first-order valence-electron chi connectivity index (χ1n) is 8.30. The second-order valence-electron chi connectivity index (χ2n) is 6.44. The second kappa shape index (κ2) is 5.74. The van der Waals surface area contributed by atoms with Crippen molar-refractivity contribution in [2.45, 2.75) is 19.8 Å². The van der Waals surface area contributed by atoms with Gasteiger partial charge in [0.2, 0.25) is 0 Å². The maximum Gasteiger partial charge on any atom is 0.262 e. The molecule has 0 saturated carbocycles. The van der Waals surface area contributed by atoms with Gasteiger partial charge in [-0.2, -0.15) is 0 Å². The largest absolute Gasteiger partial charge is 0.507 e. The summed E-state index contributed by atoms with van der Waals surface area (Å²) >= 11 is 0. The highest BCUT2D eigenvalue weighted by Gasteiger charge is 2.18. The zero-order valence-corrected chi connectivity index (χ0v) is 14.1. The monoisotopic (exact) mass is 330 g/mol. The standard InChI is InChI=1S/C21H18N2O2/c1-13(2)19-18(24)12-17-20(14-8-4-3-5-9-14)22-15-10-6-7-11-16(15)23(17)21(19)25/h3-13,24H,1-2H3. The zero-order chi connectivity index (χ0) is 17.6. The Bertz CT molecular complexity index is 1150. The SMILES string of the molecule is CC(C)c1c(O)cc2c(-c3ccccc3)nc3ccccc3n2c1=O. The van der Waals surface area contributed by atoms with Crippen molar-refractivity contribution in [1.82, 2.24) is 9.38 Å². The zero-order valence-electron chi connectivity index (χ0n) is 14.1. The van der Waals surface area contributed by atoms with Gasteiger partial charge in [0, 0.05) is 11.6 Å². The fourth-order valence-corrected chi connectivity index (χ4v) is 3.30. The third-order valence-corrected chi connectivity index (χ3v) is 4.45. The predicted molar refractivity (Wildman–Crippen MR) is 100 cm³/mol. The summed E-state index contributed by atoms with van der Waals surface area (Å²) in [5, 5.41) is 10.5. The molecule has 0 aliphatic heterocycles. The van der Waals surface area contributed by atoms with Gasteiger partial charge in [-0.25, -0.2) is 4.98 Å². The highest BCUT2D eigenvalue weighted by Crippen LogP contribution is 2.30. The molecule has 4 heteroatoms. The molecule has 0 saturated heterocycles. The van der Waals surface area contributed by atoms with E-state index in [1.54, 1.807) is 10.5 Å². The van der Waals surface area contributed by atoms with Gasteiger partial charge in [-0.05, 0) is 18.1 Å². The van der Waals surface area contributed by atoms with E-state index < -0.39 is 0 Å². The quantitative estimate of drug-likeness (QED) is 0.556. The lowest BCUT2D eigenvalue weighted by atomic mass is 10.0. The fraction of sp³-hybridized carbons (Fsp3) is 0.143. The molecule has 0 unspecified atom stereocenters. The third kappa shape index (κ3) is 2.38. The molecule has 0 amide bonds. The molecule has 0 atom stereocenters. The van der Waals surface area contributed by atoms with E-state index in [1.165, 1.54) is 0 Å². The Hall–Kier alpha value is -3.14. The molecule has 4 aromatic rings. The van der Waals surface area contributed by atoms with Crippen molar-refractivity contribution >= 4 is 16.6 Å². The molecule has 0 bridgehead atoms. The molecule has 25 heavy (non-hydrogen) atoms. The van der Waals surface area contributed by atoms with E-state index >= 15 is 0 Å². The van der Waals surface area contributed by atoms with Crippen molar-refractivity contribution in [2.24, 2.45) is 0 Å². The topological polar surface area (TPSA) is 54.6 Å². The number of benzene rings is 2. The molecule has 4 nitrogen and oxygen atoms in total. The summed E-state index contributed by atoms with van der Waals surface area (Å²) in [5.41, 5.74) is 3.91. The number of rotatable bonds is 2. The second-order valence-corrected chi connectivity index (χ2v) is 6.44. The van der Waals surface area contributed by atoms with Gasteiger partial charge >= 0.3 is 0 Å². The van der Waals surface area contributed by atoms with E-state index in [0.29, 0.717) is 16.8 Å². The van der Waals surface area contributed by atoms with Gasteiger partial charge in [-0.1, -0.05) is 56.3 Å². The molecule has 1 N–H and O–H groups in total. The smallest absolute Gasteiger partial charge is 0.262 e. The van der Waals surface area contributed by atoms with Crippen LogP contribution in [0.4, 0.5) is 0 Å². The summed E-state index contributed by atoms with van der Waals surface area (Å²) in [5.74, 6) is -0.0502. The number of hydrogen-bond donors (Lipinski definition) is 1. The van der Waals surface area contributed by atoms with E-state index in [-0.39, 0.29) is 17.2 Å². The molecular formula is C21H18N2O2. The highest BCUT2D eigenvalue weighted by molar-refractivity contribution is 5.88. The minimum Gasteiger partial charge on any atom is -0.507 e. The summed E-state index contributed by atoms with van der Waals surface area (Å²) in [6, 6.07) is 18.9. The van der Waals surface area contributed by atoms with Crippen molar-refractivity contribution in [3.63, 3.8) is 0 Å². The highest BCUT2D eigenvalue weighted by atomic mass is 16.3. The Kier molecular flexibility index (Phi) is 3.53. The lowest BCUT2D eigenvalue weighted by Crippen LogP contribution is -2.21. The first kappa shape index (κ1) is 15.4. The summed E-state index contributed by atoms with van der Waals surface area (Å²) in [7, 11) is 0. The number of nitrogens with zero attached hydrogens (tertiary/aromatic N) is 2. The molecule has 2 aromatic carbocycles. The van der Waals surface area contributed by atoms with E-state index in [2.05, 4.69) is 0 Å². The van der Waals surface area contributed by atoms with E-state index in [4.69, 9.17) is 4.98 Å². The lowest BCUT2D eigenvalue weighted by molar-refractivity contribution is 0.463. The number of aromatic nitrogens is 2. The van der Waals surface area contributed by atoms with Crippen LogP contribution in [0.25, 0.3) is 27.8 Å². The van der Waals surface area contributed by atoms with Crippen LogP contribution >= 0.6 is 0 Å². The third-order valence-electron chi connectivity index (χ3n) is 4.45. The summed E-state index contributed by atoms with van der Waals surface area (Å²) in [6.07, 6.45) is 0. The first-order valence-corrected chi connectivity index (χ1v) is 8.30. The van der Waals surface area contributed by atoms with Gasteiger partial charge in [0.25, 0.3) is 5.56 Å². The van der Waals surface area contributed by atoms with Crippen LogP contribution in [0.2, 0.25) is 0 Å². The molecule has 0 aliphatic rings. The average Bonchev–Trinajstić information content (AvgIpc) is 2.61. The van der Waals surface area contributed by atoms with Crippen LogP contribution in [0, 0.1) is 0 Å². The van der Waals surface area contributed by atoms with Crippen molar-refractivity contribution < 1.29 is 5.11 Å². The van der Waals surface area contributed by atoms with E-state index in [1.807, 2.05) is 68.4 Å². The van der Waals surface area contributed by atoms with Crippen molar-refractivity contribution in [2.75, 3.05) is 0 Å². The molecule has 0 aliphatic carbocycles. The van der Waals surface area contributed by atoms with Gasteiger partial charge in [-0.3, -0.25) is 9.20 Å². The maximum absolute atomic E-state index is 13.2. The van der Waals surface area contributed by atoms with Crippen LogP contribution in [0.1, 0.15) is 25.3 Å². The van der Waals surface area contributed by atoms with Gasteiger partial charge < -0.3 is 5.11 Å². The number of para-hydroxylation sites is 2. The lowest BCUT2D eigenvalue weighted by Gasteiger charge is -2.15. The van der Waals surface area contributed by atoms with Gasteiger partial charge in [0.15, 0.2) is 0 Å². The first-order chi connectivity index (χ1) is 12.1. The molecule has 4 rings (SSSR count). The summed E-state index contributed by atoms with van der Waals surface area (Å²) in [4.78, 5) is 17.9. The van der Waals surface area contributed by atoms with E-state index in [9.17, 15) is 9.90 Å². The molecular weight excluding hydrogens is 312 g/mol. The molecule has 0 radical (unpaired) electrons. The Morgan fingerprint density at radius 2 is 1.64 bits per heavy atom. The summed E-state index contributed by atoms with van der Waals surface area (Å²) < 4.78 is 1.67. The van der Waals surface area contributed by atoms with Crippen LogP contribution in [-0.2, 0) is 0 Å². The van der Waals surface area contributed by atoms with Crippen LogP contribution in [0.5, 0.6) is 5.75 Å². The van der Waals surface area contributed by atoms with Gasteiger partial charge in [-0.15, -0.1) is 0 Å². The number of hydrogen-bond acceptors (Lipinski definition) is 3. The van der Waals surface area contributed by atoms with Crippen LogP contribution in [0.15, 0.2) is 65.5 Å². The van der Waals surface area contributed by atoms with E-state index in [0.717, 1.165) is 16.6 Å². The fourth-order valence-electron chi connectivity index (χ4n) is 3.30. The van der Waals surface area contributed by atoms with Crippen LogP contribution in [-0.4, -0.2) is 14.5 Å². The van der Waals surface area contributed by atoms with Gasteiger partial charge in [0.05, 0.1) is 27.8 Å². The van der Waals surface area contributed by atoms with Crippen LogP contribution < -0.4 is 5.56 Å². The molecule has 0 spiro atoms.